The van der Waals surface area contributed by atoms with Crippen LogP contribution in [0.4, 0.5) is 5.69 Å². The third kappa shape index (κ3) is 2.19. The molecule has 2 aromatic carbocycles. The highest BCUT2D eigenvalue weighted by molar-refractivity contribution is 6.08. The lowest BCUT2D eigenvalue weighted by Gasteiger charge is -2.08. The molecule has 1 aromatic heterocycles. The normalized spacial score (nSPS) is 10.4. The van der Waals surface area contributed by atoms with Crippen molar-refractivity contribution in [2.24, 2.45) is 0 Å². The van der Waals surface area contributed by atoms with Crippen molar-refractivity contribution in [3.05, 3.63) is 76.7 Å². The fourth-order valence-electron chi connectivity index (χ4n) is 2.12. The number of rotatable bonds is 2. The second-order valence-corrected chi connectivity index (χ2v) is 4.40. The van der Waals surface area contributed by atoms with E-state index in [9.17, 15) is 9.59 Å². The van der Waals surface area contributed by atoms with Gasteiger partial charge in [0, 0.05) is 29.5 Å². The molecule has 1 amide bonds. The number of H-pyrrole nitrogens is 1. The maximum absolute atomic E-state index is 12.1. The van der Waals surface area contributed by atoms with Crippen LogP contribution in [-0.4, -0.2) is 10.9 Å². The molecule has 4 heteroatoms. The summed E-state index contributed by atoms with van der Waals surface area (Å²) < 4.78 is 0. The van der Waals surface area contributed by atoms with E-state index in [1.807, 2.05) is 42.5 Å². The third-order valence-corrected chi connectivity index (χ3v) is 3.11. The number of amides is 1. The molecule has 4 nitrogen and oxygen atoms in total. The molecule has 0 unspecified atom stereocenters. The first-order chi connectivity index (χ1) is 9.75. The standard InChI is InChI=1S/C16H12N2O2/c19-15-8-9-17-10-13(15)16(20)18-14-7-3-5-11-4-1-2-6-12(11)14/h1-10H,(H,17,19)(H,18,20). The number of nitrogens with one attached hydrogen (secondary N) is 2. The van der Waals surface area contributed by atoms with Crippen molar-refractivity contribution in [3.63, 3.8) is 0 Å². The number of aromatic amines is 1. The highest BCUT2D eigenvalue weighted by atomic mass is 16.2. The van der Waals surface area contributed by atoms with Gasteiger partial charge in [0.25, 0.3) is 5.91 Å². The van der Waals surface area contributed by atoms with Crippen LogP contribution in [0.2, 0.25) is 0 Å². The van der Waals surface area contributed by atoms with Crippen LogP contribution in [0, 0.1) is 0 Å². The highest BCUT2D eigenvalue weighted by Crippen LogP contribution is 2.23. The summed E-state index contributed by atoms with van der Waals surface area (Å²) in [5.74, 6) is -0.414. The Labute approximate surface area is 115 Å². The van der Waals surface area contributed by atoms with Gasteiger partial charge in [0.15, 0.2) is 5.43 Å². The average molecular weight is 264 g/mol. The molecule has 0 aliphatic carbocycles. The predicted molar refractivity (Wildman–Crippen MR) is 79.0 cm³/mol. The summed E-state index contributed by atoms with van der Waals surface area (Å²) in [5, 5.41) is 4.76. The number of anilines is 1. The smallest absolute Gasteiger partial charge is 0.261 e. The van der Waals surface area contributed by atoms with Gasteiger partial charge in [0.05, 0.1) is 0 Å². The molecule has 0 aliphatic rings. The minimum atomic E-state index is -0.414. The maximum atomic E-state index is 12.1. The molecule has 3 aromatic rings. The molecule has 20 heavy (non-hydrogen) atoms. The summed E-state index contributed by atoms with van der Waals surface area (Å²) in [6.45, 7) is 0. The van der Waals surface area contributed by atoms with Gasteiger partial charge in [-0.1, -0.05) is 36.4 Å². The Hall–Kier alpha value is -2.88. The first kappa shape index (κ1) is 12.2. The molecule has 98 valence electrons. The van der Waals surface area contributed by atoms with Crippen LogP contribution in [0.25, 0.3) is 10.8 Å². The molecular weight excluding hydrogens is 252 g/mol. The van der Waals surface area contributed by atoms with Gasteiger partial charge in [-0.2, -0.15) is 0 Å². The number of hydrogen-bond donors (Lipinski definition) is 2. The molecule has 0 bridgehead atoms. The van der Waals surface area contributed by atoms with Crippen molar-refractivity contribution in [2.75, 3.05) is 5.32 Å². The molecule has 0 atom stereocenters. The summed E-state index contributed by atoms with van der Waals surface area (Å²) in [6.07, 6.45) is 2.90. The number of aromatic nitrogens is 1. The lowest BCUT2D eigenvalue weighted by atomic mass is 10.1. The SMILES string of the molecule is O=C(Nc1cccc2ccccc12)c1c[nH]ccc1=O. The fraction of sp³-hybridized carbons (Fsp3) is 0. The zero-order valence-electron chi connectivity index (χ0n) is 10.6. The molecule has 0 spiro atoms. The van der Waals surface area contributed by atoms with Crippen LogP contribution in [0.3, 0.4) is 0 Å². The third-order valence-electron chi connectivity index (χ3n) is 3.11. The van der Waals surface area contributed by atoms with E-state index in [0.717, 1.165) is 10.8 Å². The van der Waals surface area contributed by atoms with Crippen LogP contribution < -0.4 is 10.7 Å². The Morgan fingerprint density at radius 3 is 2.65 bits per heavy atom. The topological polar surface area (TPSA) is 62.0 Å². The summed E-state index contributed by atoms with van der Waals surface area (Å²) >= 11 is 0. The van der Waals surface area contributed by atoms with Crippen LogP contribution in [0.5, 0.6) is 0 Å². The lowest BCUT2D eigenvalue weighted by Crippen LogP contribution is -2.20. The second kappa shape index (κ2) is 5.01. The van der Waals surface area contributed by atoms with E-state index < -0.39 is 5.91 Å². The minimum absolute atomic E-state index is 0.0976. The monoisotopic (exact) mass is 264 g/mol. The summed E-state index contributed by atoms with van der Waals surface area (Å²) in [6, 6.07) is 14.7. The Kier molecular flexibility index (Phi) is 3.05. The van der Waals surface area contributed by atoms with Gasteiger partial charge in [-0.05, 0) is 11.5 Å². The molecule has 0 saturated carbocycles. The molecule has 0 saturated heterocycles. The zero-order chi connectivity index (χ0) is 13.9. The van der Waals surface area contributed by atoms with Gasteiger partial charge >= 0.3 is 0 Å². The van der Waals surface area contributed by atoms with Crippen LogP contribution >= 0.6 is 0 Å². The first-order valence-electron chi connectivity index (χ1n) is 6.22. The van der Waals surface area contributed by atoms with Crippen LogP contribution in [0.1, 0.15) is 10.4 Å². The number of carbonyl (C=O) groups excluding carboxylic acids is 1. The molecular formula is C16H12N2O2. The van der Waals surface area contributed by atoms with E-state index in [0.29, 0.717) is 5.69 Å². The van der Waals surface area contributed by atoms with E-state index in [-0.39, 0.29) is 11.0 Å². The predicted octanol–water partition coefficient (Wildman–Crippen LogP) is 2.78. The van der Waals surface area contributed by atoms with E-state index in [1.165, 1.54) is 18.5 Å². The van der Waals surface area contributed by atoms with Crippen molar-refractivity contribution < 1.29 is 4.79 Å². The van der Waals surface area contributed by atoms with Crippen molar-refractivity contribution in [1.82, 2.24) is 4.98 Å². The minimum Gasteiger partial charge on any atom is -0.367 e. The van der Waals surface area contributed by atoms with Crippen LogP contribution in [0.15, 0.2) is 65.7 Å². The number of pyridine rings is 1. The number of hydrogen-bond acceptors (Lipinski definition) is 2. The molecule has 1 heterocycles. The average Bonchev–Trinajstić information content (AvgIpc) is 2.48. The molecule has 2 N–H and O–H groups in total. The van der Waals surface area contributed by atoms with Crippen molar-refractivity contribution in [2.45, 2.75) is 0 Å². The van der Waals surface area contributed by atoms with Crippen molar-refractivity contribution in [3.8, 4) is 0 Å². The second-order valence-electron chi connectivity index (χ2n) is 4.40. The molecule has 0 radical (unpaired) electrons. The zero-order valence-corrected chi connectivity index (χ0v) is 10.6. The van der Waals surface area contributed by atoms with Crippen LogP contribution in [-0.2, 0) is 0 Å². The first-order valence-corrected chi connectivity index (χ1v) is 6.22. The van der Waals surface area contributed by atoms with Gasteiger partial charge in [-0.15, -0.1) is 0 Å². The van der Waals surface area contributed by atoms with Gasteiger partial charge < -0.3 is 10.3 Å². The van der Waals surface area contributed by atoms with Gasteiger partial charge in [-0.25, -0.2) is 0 Å². The molecule has 0 fully saturated rings. The van der Waals surface area contributed by atoms with Gasteiger partial charge in [-0.3, -0.25) is 9.59 Å². The van der Waals surface area contributed by atoms with E-state index >= 15 is 0 Å². The van der Waals surface area contributed by atoms with Gasteiger partial charge in [0.2, 0.25) is 0 Å². The quantitative estimate of drug-likeness (QED) is 0.747. The maximum Gasteiger partial charge on any atom is 0.261 e. The Morgan fingerprint density at radius 2 is 1.80 bits per heavy atom. The number of fused-ring (bicyclic) bond motifs is 1. The summed E-state index contributed by atoms with van der Waals surface area (Å²) in [5.41, 5.74) is 0.485. The fourth-order valence-corrected chi connectivity index (χ4v) is 2.12. The molecule has 3 rings (SSSR count). The van der Waals surface area contributed by atoms with E-state index in [1.54, 1.807) is 0 Å². The highest BCUT2D eigenvalue weighted by Gasteiger charge is 2.10. The largest absolute Gasteiger partial charge is 0.367 e. The van der Waals surface area contributed by atoms with E-state index in [4.69, 9.17) is 0 Å². The summed E-state index contributed by atoms with van der Waals surface area (Å²) in [7, 11) is 0. The Balaban J connectivity index is 2.00. The van der Waals surface area contributed by atoms with E-state index in [2.05, 4.69) is 10.3 Å². The van der Waals surface area contributed by atoms with Gasteiger partial charge in [0.1, 0.15) is 5.56 Å². The lowest BCUT2D eigenvalue weighted by molar-refractivity contribution is 0.102. The Bertz CT molecular complexity index is 832. The summed E-state index contributed by atoms with van der Waals surface area (Å²) in [4.78, 5) is 26.5. The number of carbonyl (C=O) groups is 1. The van der Waals surface area contributed by atoms with Crippen molar-refractivity contribution >= 4 is 22.4 Å². The number of benzene rings is 2. The van der Waals surface area contributed by atoms with Crippen molar-refractivity contribution in [1.29, 1.82) is 0 Å². The Morgan fingerprint density at radius 1 is 1.00 bits per heavy atom. The molecule has 0 aliphatic heterocycles.